The molecule has 1 saturated carbocycles. The van der Waals surface area contributed by atoms with Crippen molar-refractivity contribution in [2.75, 3.05) is 20.2 Å². The molecule has 166 valence electrons. The average molecular weight is 434 g/mol. The average Bonchev–Trinajstić information content (AvgIpc) is 2.90. The standard InChI is InChI=1S/C23H25F3N2O3/c1-30-22(17-6-3-5-16(11-17)21(27)29)18-8-9-19(22)14-28(13-18)12-15-4-2-7-20(10-15)31-23(24,25)26/h2-7,10-11,18-19H,8-9,12-14H2,1H3,(H2,27,29). The lowest BCUT2D eigenvalue weighted by Crippen LogP contribution is -2.52. The monoisotopic (exact) mass is 434 g/mol. The number of nitrogens with two attached hydrogens (primary N) is 1. The summed E-state index contributed by atoms with van der Waals surface area (Å²) >= 11 is 0. The van der Waals surface area contributed by atoms with Crippen molar-refractivity contribution >= 4 is 5.91 Å². The van der Waals surface area contributed by atoms with Crippen LogP contribution in [-0.4, -0.2) is 37.4 Å². The van der Waals surface area contributed by atoms with Crippen molar-refractivity contribution in [3.63, 3.8) is 0 Å². The number of amides is 1. The molecule has 2 unspecified atom stereocenters. The molecule has 1 amide bonds. The van der Waals surface area contributed by atoms with E-state index in [1.807, 2.05) is 18.2 Å². The minimum absolute atomic E-state index is 0.203. The third-order valence-electron chi connectivity index (χ3n) is 6.51. The van der Waals surface area contributed by atoms with Crippen molar-refractivity contribution in [2.45, 2.75) is 31.3 Å². The van der Waals surface area contributed by atoms with Crippen LogP contribution in [-0.2, 0) is 16.9 Å². The summed E-state index contributed by atoms with van der Waals surface area (Å²) in [5.74, 6) is -0.277. The number of hydrogen-bond acceptors (Lipinski definition) is 4. The van der Waals surface area contributed by atoms with Crippen LogP contribution in [0.15, 0.2) is 48.5 Å². The first-order chi connectivity index (χ1) is 14.7. The zero-order valence-electron chi connectivity index (χ0n) is 17.2. The molecule has 2 aromatic rings. The molecule has 1 heterocycles. The number of ether oxygens (including phenoxy) is 2. The maximum absolute atomic E-state index is 12.5. The Labute approximate surface area is 178 Å². The number of hydrogen-bond donors (Lipinski definition) is 1. The fraction of sp³-hybridized carbons (Fsp3) is 0.435. The Balaban J connectivity index is 1.53. The molecule has 2 atom stereocenters. The number of alkyl halides is 3. The van der Waals surface area contributed by atoms with Gasteiger partial charge in [-0.1, -0.05) is 24.3 Å². The lowest BCUT2D eigenvalue weighted by Gasteiger charge is -2.47. The maximum Gasteiger partial charge on any atom is 0.573 e. The Hall–Kier alpha value is -2.58. The first-order valence-corrected chi connectivity index (χ1v) is 10.2. The lowest BCUT2D eigenvalue weighted by molar-refractivity contribution is -0.274. The first kappa shape index (κ1) is 21.6. The van der Waals surface area contributed by atoms with Crippen LogP contribution >= 0.6 is 0 Å². The summed E-state index contributed by atoms with van der Waals surface area (Å²) in [6.45, 7) is 2.02. The summed E-state index contributed by atoms with van der Waals surface area (Å²) in [7, 11) is 1.70. The van der Waals surface area contributed by atoms with Gasteiger partial charge >= 0.3 is 6.36 Å². The highest BCUT2D eigenvalue weighted by Gasteiger charge is 2.55. The predicted molar refractivity (Wildman–Crippen MR) is 108 cm³/mol. The van der Waals surface area contributed by atoms with E-state index in [4.69, 9.17) is 10.5 Å². The molecule has 2 N–H and O–H groups in total. The van der Waals surface area contributed by atoms with Gasteiger partial charge in [0.25, 0.3) is 0 Å². The van der Waals surface area contributed by atoms with Crippen molar-refractivity contribution < 1.29 is 27.4 Å². The van der Waals surface area contributed by atoms with Crippen LogP contribution in [0.1, 0.15) is 34.3 Å². The van der Waals surface area contributed by atoms with Crippen LogP contribution in [0.5, 0.6) is 5.75 Å². The first-order valence-electron chi connectivity index (χ1n) is 10.2. The molecule has 1 aliphatic heterocycles. The molecule has 0 aromatic heterocycles. The van der Waals surface area contributed by atoms with E-state index >= 15 is 0 Å². The van der Waals surface area contributed by atoms with Gasteiger partial charge in [-0.25, -0.2) is 0 Å². The number of piperidine rings is 1. The normalized spacial score (nSPS) is 26.1. The van der Waals surface area contributed by atoms with E-state index in [0.717, 1.165) is 37.1 Å². The molecule has 1 saturated heterocycles. The van der Waals surface area contributed by atoms with Gasteiger partial charge in [0.15, 0.2) is 0 Å². The highest BCUT2D eigenvalue weighted by Crippen LogP contribution is 2.53. The molecule has 2 fully saturated rings. The van der Waals surface area contributed by atoms with Gasteiger partial charge in [-0.15, -0.1) is 13.2 Å². The van der Waals surface area contributed by atoms with Crippen LogP contribution < -0.4 is 10.5 Å². The second-order valence-electron chi connectivity index (χ2n) is 8.30. The minimum Gasteiger partial charge on any atom is -0.406 e. The fourth-order valence-electron chi connectivity index (χ4n) is 5.38. The van der Waals surface area contributed by atoms with Crippen LogP contribution in [0.4, 0.5) is 13.2 Å². The van der Waals surface area contributed by atoms with E-state index in [-0.39, 0.29) is 17.6 Å². The smallest absolute Gasteiger partial charge is 0.406 e. The highest BCUT2D eigenvalue weighted by atomic mass is 19.4. The number of halogens is 3. The minimum atomic E-state index is -4.71. The Morgan fingerprint density at radius 2 is 1.81 bits per heavy atom. The Kier molecular flexibility index (Phi) is 5.70. The van der Waals surface area contributed by atoms with Gasteiger partial charge in [-0.2, -0.15) is 0 Å². The summed E-state index contributed by atoms with van der Waals surface area (Å²) in [5, 5.41) is 0. The zero-order chi connectivity index (χ0) is 22.2. The Bertz CT molecular complexity index is 949. The van der Waals surface area contributed by atoms with E-state index < -0.39 is 17.9 Å². The Morgan fingerprint density at radius 3 is 2.42 bits per heavy atom. The molecule has 2 aromatic carbocycles. The van der Waals surface area contributed by atoms with Crippen LogP contribution in [0, 0.1) is 11.8 Å². The van der Waals surface area contributed by atoms with Crippen LogP contribution in [0.2, 0.25) is 0 Å². The van der Waals surface area contributed by atoms with Crippen molar-refractivity contribution in [3.8, 4) is 5.75 Å². The summed E-state index contributed by atoms with van der Waals surface area (Å²) < 4.78 is 47.8. The maximum atomic E-state index is 12.5. The number of primary amides is 1. The summed E-state index contributed by atoms with van der Waals surface area (Å²) in [6.07, 6.45) is -2.75. The molecule has 0 spiro atoms. The SMILES string of the molecule is COC1(c2cccc(C(N)=O)c2)C2CCC1CN(Cc1cccc(OC(F)(F)F)c1)C2. The second-order valence-corrected chi connectivity index (χ2v) is 8.30. The number of nitrogens with zero attached hydrogens (tertiary/aromatic N) is 1. The van der Waals surface area contributed by atoms with E-state index in [1.165, 1.54) is 12.1 Å². The number of carbonyl (C=O) groups excluding carboxylic acids is 1. The topological polar surface area (TPSA) is 64.8 Å². The lowest BCUT2D eigenvalue weighted by atomic mass is 9.74. The molecule has 2 aliphatic rings. The number of fused-ring (bicyclic) bond motifs is 2. The molecule has 2 bridgehead atoms. The van der Waals surface area contributed by atoms with Gasteiger partial charge < -0.3 is 15.2 Å². The number of carbonyl (C=O) groups is 1. The number of likely N-dealkylation sites (tertiary alicyclic amines) is 1. The van der Waals surface area contributed by atoms with Gasteiger partial charge in [0.05, 0.1) is 0 Å². The van der Waals surface area contributed by atoms with Crippen LogP contribution in [0.3, 0.4) is 0 Å². The number of benzene rings is 2. The molecule has 1 aliphatic carbocycles. The number of methoxy groups -OCH3 is 1. The highest BCUT2D eigenvalue weighted by molar-refractivity contribution is 5.92. The van der Waals surface area contributed by atoms with Gasteiger partial charge in [-0.3, -0.25) is 9.69 Å². The summed E-state index contributed by atoms with van der Waals surface area (Å²) in [5.41, 5.74) is 7.15. The van der Waals surface area contributed by atoms with E-state index in [0.29, 0.717) is 12.1 Å². The largest absolute Gasteiger partial charge is 0.573 e. The molecule has 8 heteroatoms. The van der Waals surface area contributed by atoms with Crippen molar-refractivity contribution in [3.05, 3.63) is 65.2 Å². The van der Waals surface area contributed by atoms with Crippen molar-refractivity contribution in [2.24, 2.45) is 17.6 Å². The molecule has 5 nitrogen and oxygen atoms in total. The Morgan fingerprint density at radius 1 is 1.13 bits per heavy atom. The van der Waals surface area contributed by atoms with Gasteiger partial charge in [0.2, 0.25) is 5.91 Å². The van der Waals surface area contributed by atoms with E-state index in [9.17, 15) is 18.0 Å². The molecular weight excluding hydrogens is 409 g/mol. The third kappa shape index (κ3) is 4.27. The quantitative estimate of drug-likeness (QED) is 0.745. The molecular formula is C23H25F3N2O3. The number of rotatable bonds is 6. The van der Waals surface area contributed by atoms with Crippen molar-refractivity contribution in [1.82, 2.24) is 4.90 Å². The third-order valence-corrected chi connectivity index (χ3v) is 6.51. The van der Waals surface area contributed by atoms with Gasteiger partial charge in [0.1, 0.15) is 11.4 Å². The summed E-state index contributed by atoms with van der Waals surface area (Å²) in [4.78, 5) is 13.9. The van der Waals surface area contributed by atoms with Gasteiger partial charge in [-0.05, 0) is 48.2 Å². The molecule has 0 radical (unpaired) electrons. The van der Waals surface area contributed by atoms with Crippen molar-refractivity contribution in [1.29, 1.82) is 0 Å². The fourth-order valence-corrected chi connectivity index (χ4v) is 5.38. The molecule has 31 heavy (non-hydrogen) atoms. The second kappa shape index (κ2) is 8.16. The summed E-state index contributed by atoms with van der Waals surface area (Å²) in [6, 6.07) is 13.4. The van der Waals surface area contributed by atoms with E-state index in [2.05, 4.69) is 9.64 Å². The van der Waals surface area contributed by atoms with E-state index in [1.54, 1.807) is 25.3 Å². The van der Waals surface area contributed by atoms with Gasteiger partial charge in [0, 0.05) is 44.1 Å². The zero-order valence-corrected chi connectivity index (χ0v) is 17.2. The van der Waals surface area contributed by atoms with Crippen LogP contribution in [0.25, 0.3) is 0 Å². The molecule has 4 rings (SSSR count). The predicted octanol–water partition coefficient (Wildman–Crippen LogP) is 4.07.